The topological polar surface area (TPSA) is 247 Å². The van der Waals surface area contributed by atoms with Crippen molar-refractivity contribution in [3.8, 4) is 0 Å². The maximum atomic E-state index is 13.8. The van der Waals surface area contributed by atoms with E-state index >= 15 is 0 Å². The summed E-state index contributed by atoms with van der Waals surface area (Å²) in [6.45, 7) is -0.602. The molecule has 1 heterocycles. The Morgan fingerprint density at radius 1 is 0.923 bits per heavy atom. The third-order valence-electron chi connectivity index (χ3n) is 6.72. The Morgan fingerprint density at radius 2 is 1.56 bits per heavy atom. The van der Waals surface area contributed by atoms with E-state index in [0.717, 1.165) is 5.01 Å². The normalized spacial score (nSPS) is 15.6. The number of nitrogens with zero attached hydrogens (tertiary/aromatic N) is 4. The molecule has 4 rings (SSSR count). The molecule has 2 amide bonds. The van der Waals surface area contributed by atoms with Gasteiger partial charge in [-0.25, -0.2) is 19.2 Å². The molecule has 4 N–H and O–H groups in total. The lowest BCUT2D eigenvalue weighted by atomic mass is 10.2. The van der Waals surface area contributed by atoms with E-state index in [-0.39, 0.29) is 74.1 Å². The maximum Gasteiger partial charge on any atom is 0.299 e. The van der Waals surface area contributed by atoms with Crippen molar-refractivity contribution in [2.24, 2.45) is 9.98 Å². The number of nitrogens with one attached hydrogen (secondary N) is 2. The molecule has 1 aliphatic rings. The molecule has 1 aliphatic heterocycles. The van der Waals surface area contributed by atoms with Gasteiger partial charge in [0.05, 0.1) is 55.9 Å². The predicted molar refractivity (Wildman–Crippen MR) is 197 cm³/mol. The van der Waals surface area contributed by atoms with Crippen molar-refractivity contribution in [2.45, 2.75) is 6.42 Å². The minimum absolute atomic E-state index is 0.00482. The fourth-order valence-electron chi connectivity index (χ4n) is 4.42. The highest BCUT2D eigenvalue weighted by atomic mass is 35.5. The molecule has 1 saturated heterocycles. The van der Waals surface area contributed by atoms with E-state index in [2.05, 4.69) is 24.9 Å². The van der Waals surface area contributed by atoms with Crippen LogP contribution in [0.3, 0.4) is 0 Å². The first-order valence-electron chi connectivity index (χ1n) is 14.3. The number of carbonyl (C=O) groups excluding carboxylic acids is 2. The molecule has 0 aliphatic carbocycles. The summed E-state index contributed by atoms with van der Waals surface area (Å²) in [4.78, 5) is 36.3. The first kappa shape index (κ1) is 41.3. The fourth-order valence-corrected chi connectivity index (χ4v) is 6.73. The number of carbonyl (C=O) groups is 2. The zero-order valence-electron chi connectivity index (χ0n) is 26.0. The molecule has 0 saturated carbocycles. The highest BCUT2D eigenvalue weighted by Gasteiger charge is 2.37. The van der Waals surface area contributed by atoms with Crippen molar-refractivity contribution in [3.05, 3.63) is 74.7 Å². The second kappa shape index (κ2) is 17.6. The summed E-state index contributed by atoms with van der Waals surface area (Å²) in [7, 11) is -8.71. The molecule has 3 aromatic carbocycles. The molecular weight excluding hydrogens is 834 g/mol. The molecule has 24 heteroatoms. The Hall–Kier alpha value is -3.41. The van der Waals surface area contributed by atoms with Gasteiger partial charge in [-0.15, -0.1) is 0 Å². The quantitative estimate of drug-likeness (QED) is 0.123. The molecule has 52 heavy (non-hydrogen) atoms. The number of aliphatic imine (C=N–C) groups is 2. The SMILES string of the molecule is O=C(CCS(=O)(=O)O)Nc1ccc(N=C2NN(c3c(Cl)cc(Cl)cc3Cl)C(=O)C2=Nc2ccc(N(CCOS(=O)[O-])CCS(=O)(=O)O)cc2)c(Cl)c1. The number of amidine groups is 1. The van der Waals surface area contributed by atoms with Gasteiger partial charge in [0.25, 0.3) is 26.1 Å². The minimum atomic E-state index is -4.36. The average molecular weight is 860 g/mol. The van der Waals surface area contributed by atoms with Crippen LogP contribution >= 0.6 is 46.4 Å². The summed E-state index contributed by atoms with van der Waals surface area (Å²) in [6, 6.07) is 12.8. The Morgan fingerprint density at radius 3 is 2.13 bits per heavy atom. The molecule has 0 aromatic heterocycles. The summed E-state index contributed by atoms with van der Waals surface area (Å²) in [6.07, 6.45) is -0.514. The van der Waals surface area contributed by atoms with Crippen molar-refractivity contribution in [1.29, 1.82) is 0 Å². The van der Waals surface area contributed by atoms with Crippen molar-refractivity contribution in [2.75, 3.05) is 46.4 Å². The predicted octanol–water partition coefficient (Wildman–Crippen LogP) is 4.38. The first-order chi connectivity index (χ1) is 24.3. The highest BCUT2D eigenvalue weighted by molar-refractivity contribution is 7.86. The Balaban J connectivity index is 1.69. The van der Waals surface area contributed by atoms with Gasteiger partial charge in [0.1, 0.15) is 5.69 Å². The summed E-state index contributed by atoms with van der Waals surface area (Å²) in [5.41, 5.74) is 3.46. The highest BCUT2D eigenvalue weighted by Crippen LogP contribution is 2.38. The second-order valence-electron chi connectivity index (χ2n) is 10.5. The lowest BCUT2D eigenvalue weighted by Crippen LogP contribution is -2.36. The van der Waals surface area contributed by atoms with Gasteiger partial charge in [-0.2, -0.15) is 16.8 Å². The van der Waals surface area contributed by atoms with Crippen LogP contribution in [-0.4, -0.2) is 89.3 Å². The number of hydrogen-bond acceptors (Lipinski definition) is 12. The third kappa shape index (κ3) is 12.1. The molecule has 1 fully saturated rings. The monoisotopic (exact) mass is 857 g/mol. The van der Waals surface area contributed by atoms with Gasteiger partial charge in [0, 0.05) is 35.9 Å². The van der Waals surface area contributed by atoms with Crippen molar-refractivity contribution < 1.29 is 48.5 Å². The van der Waals surface area contributed by atoms with Crippen LogP contribution in [0.25, 0.3) is 0 Å². The van der Waals surface area contributed by atoms with Gasteiger partial charge in [0.2, 0.25) is 5.91 Å². The van der Waals surface area contributed by atoms with Crippen LogP contribution in [0.5, 0.6) is 0 Å². The van der Waals surface area contributed by atoms with E-state index in [1.54, 1.807) is 0 Å². The van der Waals surface area contributed by atoms with Gasteiger partial charge >= 0.3 is 0 Å². The standard InChI is InChI=1S/C28H26Cl4N6O11S3/c29-16-13-21(31)26(22(32)14-16)38-28(40)25(27(36-38)35-23-6-3-18(15-20(23)30)33-24(39)7-11-51(43,44)45)34-17-1-4-19(5-2-17)37(8-10-49-50(41)42)9-12-52(46,47)48/h1-6,13-15H,7-12H2,(H,33,39)(H,35,36)(H,41,42)(H,43,44,45)(H,46,47,48)/p-1. The summed E-state index contributed by atoms with van der Waals surface area (Å²) >= 11 is 22.5. The molecule has 0 bridgehead atoms. The van der Waals surface area contributed by atoms with Crippen LogP contribution in [0, 0.1) is 0 Å². The summed E-state index contributed by atoms with van der Waals surface area (Å²) in [5, 5.41) is 3.63. The summed E-state index contributed by atoms with van der Waals surface area (Å²) < 4.78 is 88.9. The molecule has 17 nitrogen and oxygen atoms in total. The Kier molecular flexibility index (Phi) is 14.0. The number of anilines is 3. The van der Waals surface area contributed by atoms with Crippen LogP contribution in [0.1, 0.15) is 6.42 Å². The number of hydrazine groups is 1. The summed E-state index contributed by atoms with van der Waals surface area (Å²) in [5.74, 6) is -3.04. The zero-order chi connectivity index (χ0) is 38.4. The molecule has 1 unspecified atom stereocenters. The smallest absolute Gasteiger partial charge is 0.299 e. The molecule has 3 aromatic rings. The number of hydrogen-bond donors (Lipinski definition) is 4. The molecule has 280 valence electrons. The zero-order valence-corrected chi connectivity index (χ0v) is 31.5. The van der Waals surface area contributed by atoms with Crippen molar-refractivity contribution in [1.82, 2.24) is 5.43 Å². The van der Waals surface area contributed by atoms with Crippen LogP contribution < -0.4 is 20.7 Å². The number of benzene rings is 3. The van der Waals surface area contributed by atoms with Crippen molar-refractivity contribution >= 4 is 130 Å². The van der Waals surface area contributed by atoms with E-state index in [1.807, 2.05) is 0 Å². The molecule has 0 radical (unpaired) electrons. The van der Waals surface area contributed by atoms with E-state index < -0.39 is 61.3 Å². The fraction of sp³-hybridized carbons (Fsp3) is 0.214. The number of rotatable bonds is 15. The van der Waals surface area contributed by atoms with Gasteiger partial charge in [-0.05, 0) is 54.6 Å². The minimum Gasteiger partial charge on any atom is -0.750 e. The van der Waals surface area contributed by atoms with E-state index in [1.165, 1.54) is 59.5 Å². The molecule has 1 atom stereocenters. The van der Waals surface area contributed by atoms with Gasteiger partial charge < -0.3 is 14.8 Å². The van der Waals surface area contributed by atoms with Crippen LogP contribution in [0.2, 0.25) is 20.1 Å². The lowest BCUT2D eigenvalue weighted by Gasteiger charge is -2.24. The maximum absolute atomic E-state index is 13.8. The number of amides is 2. The van der Waals surface area contributed by atoms with Crippen LogP contribution in [-0.2, 0) is 45.4 Å². The van der Waals surface area contributed by atoms with Gasteiger partial charge in [-0.3, -0.25) is 28.3 Å². The molecular formula is C28H25Cl4N6O11S3-. The van der Waals surface area contributed by atoms with Gasteiger partial charge in [0.15, 0.2) is 11.5 Å². The largest absolute Gasteiger partial charge is 0.750 e. The Bertz CT molecular complexity index is 2150. The van der Waals surface area contributed by atoms with Crippen molar-refractivity contribution in [3.63, 3.8) is 0 Å². The third-order valence-corrected chi connectivity index (χ3v) is 9.59. The van der Waals surface area contributed by atoms with E-state index in [4.69, 9.17) is 51.0 Å². The Labute approximate surface area is 319 Å². The average Bonchev–Trinajstić information content (AvgIpc) is 3.31. The van der Waals surface area contributed by atoms with Crippen LogP contribution in [0.4, 0.5) is 28.4 Å². The lowest BCUT2D eigenvalue weighted by molar-refractivity contribution is -0.116. The molecule has 0 spiro atoms. The van der Waals surface area contributed by atoms with E-state index in [9.17, 15) is 39.7 Å². The van der Waals surface area contributed by atoms with Crippen LogP contribution in [0.15, 0.2) is 64.6 Å². The second-order valence-corrected chi connectivity index (χ2v) is 15.9. The first-order valence-corrected chi connectivity index (χ1v) is 20.0. The van der Waals surface area contributed by atoms with Gasteiger partial charge in [-0.1, -0.05) is 46.4 Å². The van der Waals surface area contributed by atoms with E-state index in [0.29, 0.717) is 5.69 Å². The number of halogens is 4.